The molecule has 0 saturated heterocycles. The van der Waals surface area contributed by atoms with Gasteiger partial charge in [-0.2, -0.15) is 0 Å². The van der Waals surface area contributed by atoms with Crippen molar-refractivity contribution in [3.8, 4) is 5.75 Å². The molecule has 0 spiro atoms. The van der Waals surface area contributed by atoms with Crippen LogP contribution in [-0.4, -0.2) is 272 Å². The first-order valence-electron chi connectivity index (χ1n) is 37.6. The lowest BCUT2D eigenvalue weighted by Crippen LogP contribution is -2.66. The number of anilines is 1. The molecule has 7 unspecified atom stereocenters. The highest BCUT2D eigenvalue weighted by atomic mass is 32.1. The second-order valence-electron chi connectivity index (χ2n) is 28.9. The van der Waals surface area contributed by atoms with E-state index in [1.54, 1.807) is 51.7 Å². The summed E-state index contributed by atoms with van der Waals surface area (Å²) in [4.78, 5) is 240. The van der Waals surface area contributed by atoms with Gasteiger partial charge < -0.3 is 87.5 Å². The van der Waals surface area contributed by atoms with Gasteiger partial charge in [0.2, 0.25) is 59.1 Å². The van der Waals surface area contributed by atoms with Gasteiger partial charge in [0.25, 0.3) is 29.5 Å². The van der Waals surface area contributed by atoms with Crippen molar-refractivity contribution in [2.45, 2.75) is 188 Å². The molecule has 3 aliphatic rings. The number of amides is 15. The van der Waals surface area contributed by atoms with Crippen molar-refractivity contribution in [3.63, 3.8) is 0 Å². The number of carbonyl (C=O) groups is 17. The molecule has 0 radical (unpaired) electrons. The summed E-state index contributed by atoms with van der Waals surface area (Å²) in [7, 11) is 5.15. The van der Waals surface area contributed by atoms with Crippen molar-refractivity contribution in [3.05, 3.63) is 64.1 Å². The van der Waals surface area contributed by atoms with Gasteiger partial charge in [-0.25, -0.2) is 9.78 Å². The van der Waals surface area contributed by atoms with Crippen LogP contribution in [0.5, 0.6) is 5.75 Å². The molecule has 0 fully saturated rings. The predicted octanol–water partition coefficient (Wildman–Crippen LogP) is -1.54. The summed E-state index contributed by atoms with van der Waals surface area (Å²) < 4.78 is 28.2. The number of carbonyl (C=O) groups excluding carboxylic acids is 17. The van der Waals surface area contributed by atoms with Crippen LogP contribution in [0.15, 0.2) is 47.9 Å². The highest BCUT2D eigenvalue weighted by Crippen LogP contribution is 2.33. The third-order valence-electron chi connectivity index (χ3n) is 19.2. The number of likely N-dealkylation sites (N-methyl/N-ethyl adjacent to an activating group) is 2. The van der Waals surface area contributed by atoms with Gasteiger partial charge in [0.05, 0.1) is 50.9 Å². The number of hydrogen-bond acceptors (Lipinski definition) is 26. The molecule has 4 heterocycles. The monoisotopic (exact) mass is 1620 g/mol. The Balaban J connectivity index is 1.43. The van der Waals surface area contributed by atoms with Gasteiger partial charge in [0.1, 0.15) is 53.0 Å². The first-order valence-corrected chi connectivity index (χ1v) is 38.5. The van der Waals surface area contributed by atoms with E-state index in [1.165, 1.54) is 58.2 Å². The van der Waals surface area contributed by atoms with E-state index in [0.29, 0.717) is 21.8 Å². The maximum atomic E-state index is 14.6. The van der Waals surface area contributed by atoms with E-state index in [0.717, 1.165) is 35.6 Å². The number of rotatable bonds is 26. The molecule has 12 atom stereocenters. The van der Waals surface area contributed by atoms with Crippen molar-refractivity contribution in [1.29, 1.82) is 0 Å². The summed E-state index contributed by atoms with van der Waals surface area (Å²) in [6, 6.07) is -7.86. The zero-order valence-electron chi connectivity index (χ0n) is 67.1. The van der Waals surface area contributed by atoms with E-state index < -0.39 is 161 Å². The fourth-order valence-corrected chi connectivity index (χ4v) is 12.6. The van der Waals surface area contributed by atoms with E-state index in [1.807, 2.05) is 27.7 Å². The van der Waals surface area contributed by atoms with Crippen LogP contribution in [0.2, 0.25) is 0 Å². The Bertz CT molecular complexity index is 3870. The summed E-state index contributed by atoms with van der Waals surface area (Å²) in [5.41, 5.74) is 4.70. The SMILES string of the molecule is CC[C@H](C)[C@H](NC(=O)C(C)(C)N(C)C)C(=O)N(C)[C@H](C[C@@H](OC(C)=O)c1nc(C(=O)N[C@@H](Cc2ccc3c(c2)NC(=O)C(C)NC(=O)C(C)NC(=O)CCOCCNC(=O)C(N2C(=O)C=CC2=O)C(N2C(=O)C=CC2=O)C(=O)NCCOCCC(=O)NC(C)C(=O)NC(C)C(=O)O3)CC(C)C(=O)NCCOCCN)cs1)C(C)C. The van der Waals surface area contributed by atoms with Gasteiger partial charge in [-0.05, 0) is 98.0 Å². The number of nitrogens with zero attached hydrogens (tertiary/aromatic N) is 5. The molecule has 0 bridgehead atoms. The van der Waals surface area contributed by atoms with Gasteiger partial charge in [-0.1, -0.05) is 47.1 Å². The standard InChI is InChI=1S/C75H110N16O22S/c1-16-41(4)61(87-74(108)75(11,12)88(13)14)72(106)89(15)52(40(2)3)38-54(112-47(10)92)71-86-51(39-114-71)68(103)84-49(35-42(5)64(99)77-26-34-111-31-25-76)36-48-17-18-53-50(37-48)85-67(102)45(8)82-65(100)43(6)80-55(93)23-29-109-32-27-78-69(104)62(90-57(95)19-20-58(90)96)63(91-59(97)21-22-60(91)98)70(105)79-28-33-110-30-24-56(94)81-44(7)66(101)83-46(9)73(107)113-53/h17-22,37,39-46,49,52,54,61-63H,16,23-36,38,76H2,1-15H3,(H,77,99)(H,78,104)(H,79,105)(H,80,93)(H,81,94)(H,82,100)(H,83,101)(H,84,103)(H,85,102)(H,87,108)/t41-,42?,43?,44?,45?,46?,49+,52+,54+,61-,62?,63?/m0/s1. The van der Waals surface area contributed by atoms with E-state index in [-0.39, 0.29) is 144 Å². The van der Waals surface area contributed by atoms with Crippen LogP contribution in [0.25, 0.3) is 0 Å². The van der Waals surface area contributed by atoms with Crippen molar-refractivity contribution in [1.82, 2.24) is 72.4 Å². The van der Waals surface area contributed by atoms with E-state index in [9.17, 15) is 81.5 Å². The molecule has 628 valence electrons. The Morgan fingerprint density at radius 3 is 1.72 bits per heavy atom. The quantitative estimate of drug-likeness (QED) is 0.0220. The van der Waals surface area contributed by atoms with E-state index in [2.05, 4.69) is 58.2 Å². The number of thiazole rings is 1. The Hall–Kier alpha value is -10.5. The molecule has 12 N–H and O–H groups in total. The first kappa shape index (κ1) is 94.1. The summed E-state index contributed by atoms with van der Waals surface area (Å²) in [6.45, 7) is 18.0. The molecule has 39 heteroatoms. The van der Waals surface area contributed by atoms with E-state index in [4.69, 9.17) is 29.4 Å². The molecule has 38 nitrogen and oxygen atoms in total. The summed E-state index contributed by atoms with van der Waals surface area (Å²) >= 11 is 1.02. The molecule has 15 amide bonds. The molecule has 1 aromatic carbocycles. The minimum atomic E-state index is -2.13. The van der Waals surface area contributed by atoms with Gasteiger partial charge in [-0.15, -0.1) is 11.3 Å². The molecule has 114 heavy (non-hydrogen) atoms. The lowest BCUT2D eigenvalue weighted by molar-refractivity contribution is -0.156. The lowest BCUT2D eigenvalue weighted by Gasteiger charge is -2.38. The maximum absolute atomic E-state index is 14.6. The van der Waals surface area contributed by atoms with Crippen LogP contribution in [0.1, 0.15) is 142 Å². The average molecular weight is 1620 g/mol. The van der Waals surface area contributed by atoms with Crippen LogP contribution in [-0.2, 0) is 102 Å². The normalized spacial score (nSPS) is 21.7. The van der Waals surface area contributed by atoms with Crippen molar-refractivity contribution in [2.75, 3.05) is 92.3 Å². The van der Waals surface area contributed by atoms with Crippen molar-refractivity contribution in [2.24, 2.45) is 23.5 Å². The van der Waals surface area contributed by atoms with Gasteiger partial charge in [-0.3, -0.25) is 91.4 Å². The van der Waals surface area contributed by atoms with Crippen LogP contribution in [0.4, 0.5) is 5.69 Å². The second-order valence-corrected chi connectivity index (χ2v) is 29.8. The molecule has 1 aromatic heterocycles. The van der Waals surface area contributed by atoms with Crippen molar-refractivity contribution < 1.29 is 105 Å². The smallest absolute Gasteiger partial charge is 0.333 e. The third-order valence-corrected chi connectivity index (χ3v) is 20.1. The number of fused-ring (bicyclic) bond motifs is 1. The number of imide groups is 2. The Morgan fingerprint density at radius 2 is 1.22 bits per heavy atom. The predicted molar refractivity (Wildman–Crippen MR) is 411 cm³/mol. The minimum Gasteiger partial charge on any atom is -0.455 e. The zero-order valence-corrected chi connectivity index (χ0v) is 68.0. The molecule has 5 rings (SSSR count). The van der Waals surface area contributed by atoms with Gasteiger partial charge >= 0.3 is 11.9 Å². The first-order chi connectivity index (χ1) is 53.7. The minimum absolute atomic E-state index is 0.0222. The molecule has 3 aliphatic heterocycles. The number of hydrogen-bond donors (Lipinski definition) is 11. The molecular formula is C75H110N16O22S. The summed E-state index contributed by atoms with van der Waals surface area (Å²) in [6.07, 6.45) is 1.99. The number of nitrogens with two attached hydrogens (primary N) is 1. The second kappa shape index (κ2) is 44.8. The Labute approximate surface area is 665 Å². The average Bonchev–Trinajstić information content (AvgIpc) is 1.58. The van der Waals surface area contributed by atoms with Crippen LogP contribution < -0.4 is 63.6 Å². The van der Waals surface area contributed by atoms with Gasteiger partial charge in [0.15, 0.2) is 11.9 Å². The summed E-state index contributed by atoms with van der Waals surface area (Å²) in [5, 5.41) is 27.9. The lowest BCUT2D eigenvalue weighted by atomic mass is 9.92. The Morgan fingerprint density at radius 1 is 0.693 bits per heavy atom. The zero-order chi connectivity index (χ0) is 85.0. The highest BCUT2D eigenvalue weighted by Gasteiger charge is 2.51. The molecule has 0 aliphatic carbocycles. The topological polar surface area (TPSA) is 509 Å². The molecule has 0 saturated carbocycles. The van der Waals surface area contributed by atoms with Gasteiger partial charge in [0, 0.05) is 107 Å². The largest absolute Gasteiger partial charge is 0.455 e. The fourth-order valence-electron chi connectivity index (χ4n) is 11.8. The Kier molecular flexibility index (Phi) is 37.0. The number of nitrogens with one attached hydrogen (secondary N) is 10. The number of aromatic nitrogens is 1. The third kappa shape index (κ3) is 27.7. The van der Waals surface area contributed by atoms with Crippen molar-refractivity contribution >= 4 is 118 Å². The molecular weight excluding hydrogens is 1510 g/mol. The number of esters is 2. The highest BCUT2D eigenvalue weighted by molar-refractivity contribution is 7.09. The van der Waals surface area contributed by atoms with Crippen LogP contribution in [0, 0.1) is 17.8 Å². The molecule has 2 aromatic rings. The van der Waals surface area contributed by atoms with Crippen LogP contribution >= 0.6 is 11.3 Å². The maximum Gasteiger partial charge on any atom is 0.333 e. The number of benzene rings is 1. The number of ether oxygens (including phenoxy) is 5. The summed E-state index contributed by atoms with van der Waals surface area (Å²) in [5.74, 6) is -15.7. The fraction of sp³-hybridized carbons (Fsp3) is 0.600. The van der Waals surface area contributed by atoms with E-state index >= 15 is 0 Å². The van der Waals surface area contributed by atoms with Crippen LogP contribution in [0.3, 0.4) is 0 Å².